The molecular weight excluding hydrogens is 430 g/mol. The first-order chi connectivity index (χ1) is 16.7. The van der Waals surface area contributed by atoms with Gasteiger partial charge < -0.3 is 25.2 Å². The van der Waals surface area contributed by atoms with Crippen LogP contribution >= 0.6 is 0 Å². The molecule has 178 valence electrons. The molecule has 2 saturated heterocycles. The van der Waals surface area contributed by atoms with Crippen LogP contribution in [-0.2, 0) is 9.53 Å². The Bertz CT molecular complexity index is 1090. The molecule has 1 unspecified atom stereocenters. The van der Waals surface area contributed by atoms with E-state index in [9.17, 15) is 4.79 Å². The molecule has 0 saturated carbocycles. The number of ether oxygens (including phenoxy) is 1. The van der Waals surface area contributed by atoms with Gasteiger partial charge >= 0.3 is 0 Å². The van der Waals surface area contributed by atoms with Gasteiger partial charge in [-0.2, -0.15) is 0 Å². The maximum Gasteiger partial charge on any atom is 0.253 e. The molecule has 2 aromatic carbocycles. The van der Waals surface area contributed by atoms with Gasteiger partial charge in [-0.1, -0.05) is 12.1 Å². The van der Waals surface area contributed by atoms with Crippen LogP contribution in [0.25, 0.3) is 0 Å². The number of benzene rings is 2. The minimum absolute atomic E-state index is 0.0124. The molecule has 1 amide bonds. The van der Waals surface area contributed by atoms with Gasteiger partial charge in [0.05, 0.1) is 31.3 Å². The fourth-order valence-electron chi connectivity index (χ4n) is 5.28. The van der Waals surface area contributed by atoms with E-state index in [1.807, 2.05) is 28.1 Å². The third kappa shape index (κ3) is 3.85. The molecule has 0 aromatic heterocycles. The highest BCUT2D eigenvalue weighted by atomic mass is 16.5. The first-order valence-corrected chi connectivity index (χ1v) is 12.0. The van der Waals surface area contributed by atoms with Crippen molar-refractivity contribution >= 4 is 28.7 Å². The van der Waals surface area contributed by atoms with Crippen molar-refractivity contribution in [1.29, 1.82) is 0 Å². The van der Waals surface area contributed by atoms with Gasteiger partial charge in [-0.15, -0.1) is 0 Å². The number of rotatable bonds is 4. The third-order valence-corrected chi connectivity index (χ3v) is 7.15. The average molecular weight is 462 g/mol. The summed E-state index contributed by atoms with van der Waals surface area (Å²) in [5, 5.41) is 8.50. The second-order valence-electron chi connectivity index (χ2n) is 9.15. The first kappa shape index (κ1) is 21.3. The van der Waals surface area contributed by atoms with Gasteiger partial charge in [0.1, 0.15) is 6.04 Å². The van der Waals surface area contributed by atoms with Crippen LogP contribution in [0, 0.1) is 0 Å². The fraction of sp³-hybridized carbons (Fsp3) is 0.400. The van der Waals surface area contributed by atoms with E-state index >= 15 is 0 Å². The molecule has 0 bridgehead atoms. The molecule has 1 atom stereocenters. The number of hydrazine groups is 1. The number of hydrogen-bond acceptors (Lipinski definition) is 8. The van der Waals surface area contributed by atoms with Gasteiger partial charge in [-0.3, -0.25) is 15.5 Å². The number of hydrogen-bond donors (Lipinski definition) is 3. The zero-order valence-corrected chi connectivity index (χ0v) is 19.2. The Morgan fingerprint density at radius 1 is 0.824 bits per heavy atom. The van der Waals surface area contributed by atoms with Crippen molar-refractivity contribution in [1.82, 2.24) is 9.91 Å². The first-order valence-electron chi connectivity index (χ1n) is 12.0. The summed E-state index contributed by atoms with van der Waals surface area (Å²) in [6.07, 6.45) is 1.81. The van der Waals surface area contributed by atoms with Crippen molar-refractivity contribution in [2.75, 3.05) is 79.6 Å². The summed E-state index contributed by atoms with van der Waals surface area (Å²) in [6.45, 7) is 7.19. The number of morpholine rings is 1. The number of piperazine rings is 1. The lowest BCUT2D eigenvalue weighted by Crippen LogP contribution is -2.49. The minimum Gasteiger partial charge on any atom is -0.378 e. The topological polar surface area (TPSA) is 89.3 Å². The molecule has 0 aliphatic carbocycles. The van der Waals surface area contributed by atoms with E-state index in [0.29, 0.717) is 6.67 Å². The smallest absolute Gasteiger partial charge is 0.253 e. The number of carbonyl (C=O) groups is 1. The molecule has 4 heterocycles. The Kier molecular flexibility index (Phi) is 5.52. The molecule has 6 rings (SSSR count). The lowest BCUT2D eigenvalue weighted by molar-refractivity contribution is -0.113. The molecule has 4 aliphatic heterocycles. The van der Waals surface area contributed by atoms with Crippen molar-refractivity contribution in [2.24, 2.45) is 5.84 Å². The summed E-state index contributed by atoms with van der Waals surface area (Å²) in [4.78, 5) is 20.0. The van der Waals surface area contributed by atoms with E-state index in [-0.39, 0.29) is 11.9 Å². The Balaban J connectivity index is 1.35. The minimum atomic E-state index is -0.178. The maximum atomic E-state index is 13.4. The van der Waals surface area contributed by atoms with E-state index in [1.165, 1.54) is 5.69 Å². The summed E-state index contributed by atoms with van der Waals surface area (Å²) >= 11 is 0. The van der Waals surface area contributed by atoms with E-state index in [0.717, 1.165) is 80.8 Å². The van der Waals surface area contributed by atoms with E-state index in [4.69, 9.17) is 10.6 Å². The predicted molar refractivity (Wildman–Crippen MR) is 134 cm³/mol. The largest absolute Gasteiger partial charge is 0.378 e. The van der Waals surface area contributed by atoms with Crippen molar-refractivity contribution in [2.45, 2.75) is 6.04 Å². The second-order valence-corrected chi connectivity index (χ2v) is 9.15. The van der Waals surface area contributed by atoms with Gasteiger partial charge in [-0.05, 0) is 35.9 Å². The highest BCUT2D eigenvalue weighted by molar-refractivity contribution is 6.06. The van der Waals surface area contributed by atoms with Crippen molar-refractivity contribution < 1.29 is 9.53 Å². The molecule has 2 fully saturated rings. The third-order valence-electron chi connectivity index (χ3n) is 7.15. The number of carbonyl (C=O) groups excluding carboxylic acids is 1. The summed E-state index contributed by atoms with van der Waals surface area (Å²) in [7, 11) is 0. The quantitative estimate of drug-likeness (QED) is 0.594. The van der Waals surface area contributed by atoms with Crippen molar-refractivity contribution in [3.63, 3.8) is 0 Å². The zero-order valence-electron chi connectivity index (χ0n) is 19.2. The predicted octanol–water partition coefficient (Wildman–Crippen LogP) is 1.78. The summed E-state index contributed by atoms with van der Waals surface area (Å²) in [6, 6.07) is 14.6. The standard InChI is InChI=1S/C25H31N7O2/c26-31-9-7-30(8-10-31)23-16-24(33)32(20-5-6-21-22(15-20)28-17-27-21)25(23)18-1-3-19(4-2-18)29-11-13-34-14-12-29/h1-6,15-16,25,27-28H,7-14,17,26H2. The Morgan fingerprint density at radius 3 is 2.29 bits per heavy atom. The summed E-state index contributed by atoms with van der Waals surface area (Å²) in [5.74, 6) is 6.02. The molecular formula is C25H31N7O2. The van der Waals surface area contributed by atoms with Crippen LogP contribution < -0.4 is 26.3 Å². The van der Waals surface area contributed by atoms with Crippen LogP contribution in [0.5, 0.6) is 0 Å². The van der Waals surface area contributed by atoms with Gasteiger partial charge in [0.25, 0.3) is 5.91 Å². The molecule has 2 aromatic rings. The van der Waals surface area contributed by atoms with Crippen LogP contribution in [0.4, 0.5) is 22.7 Å². The number of nitrogens with zero attached hydrogens (tertiary/aromatic N) is 4. The number of amides is 1. The Labute approximate surface area is 199 Å². The van der Waals surface area contributed by atoms with Gasteiger partial charge in [0.2, 0.25) is 0 Å². The Morgan fingerprint density at radius 2 is 1.53 bits per heavy atom. The van der Waals surface area contributed by atoms with Gasteiger partial charge in [0.15, 0.2) is 0 Å². The highest BCUT2D eigenvalue weighted by Crippen LogP contribution is 2.42. The molecule has 4 aliphatic rings. The molecule has 9 heteroatoms. The van der Waals surface area contributed by atoms with E-state index < -0.39 is 0 Å². The van der Waals surface area contributed by atoms with E-state index in [1.54, 1.807) is 0 Å². The number of nitrogens with one attached hydrogen (secondary N) is 2. The molecule has 0 radical (unpaired) electrons. The van der Waals surface area contributed by atoms with Crippen LogP contribution in [0.3, 0.4) is 0 Å². The molecule has 34 heavy (non-hydrogen) atoms. The van der Waals surface area contributed by atoms with Crippen LogP contribution in [0.15, 0.2) is 54.2 Å². The van der Waals surface area contributed by atoms with Crippen molar-refractivity contribution in [3.8, 4) is 0 Å². The second kappa shape index (κ2) is 8.83. The maximum absolute atomic E-state index is 13.4. The van der Waals surface area contributed by atoms with Crippen LogP contribution in [0.2, 0.25) is 0 Å². The van der Waals surface area contributed by atoms with Crippen LogP contribution in [-0.4, -0.2) is 75.0 Å². The van der Waals surface area contributed by atoms with Gasteiger partial charge in [0, 0.05) is 62.4 Å². The zero-order chi connectivity index (χ0) is 23.1. The normalized spacial score (nSPS) is 23.0. The lowest BCUT2D eigenvalue weighted by atomic mass is 10.0. The number of fused-ring (bicyclic) bond motifs is 1. The SMILES string of the molecule is NN1CCN(C2=CC(=O)N(c3ccc4c(c3)NCN4)C2c2ccc(N3CCOCC3)cc2)CC1. The molecule has 4 N–H and O–H groups in total. The van der Waals surface area contributed by atoms with E-state index in [2.05, 4.69) is 50.8 Å². The van der Waals surface area contributed by atoms with Crippen molar-refractivity contribution in [3.05, 3.63) is 59.8 Å². The summed E-state index contributed by atoms with van der Waals surface area (Å²) in [5.41, 5.74) is 6.33. The lowest BCUT2D eigenvalue weighted by Gasteiger charge is -2.38. The van der Waals surface area contributed by atoms with Crippen LogP contribution in [0.1, 0.15) is 11.6 Å². The molecule has 0 spiro atoms. The van der Waals surface area contributed by atoms with Gasteiger partial charge in [-0.25, -0.2) is 5.01 Å². The highest BCUT2D eigenvalue weighted by Gasteiger charge is 2.38. The Hall–Kier alpha value is -3.27. The monoisotopic (exact) mass is 461 g/mol. The number of nitrogens with two attached hydrogens (primary N) is 1. The molecule has 9 nitrogen and oxygen atoms in total. The number of anilines is 4. The fourth-order valence-corrected chi connectivity index (χ4v) is 5.28. The summed E-state index contributed by atoms with van der Waals surface area (Å²) < 4.78 is 5.50. The average Bonchev–Trinajstić information content (AvgIpc) is 3.49.